The molecule has 0 bridgehead atoms. The third-order valence-corrected chi connectivity index (χ3v) is 3.00. The summed E-state index contributed by atoms with van der Waals surface area (Å²) >= 11 is 0. The molecule has 0 N–H and O–H groups in total. The predicted octanol–water partition coefficient (Wildman–Crippen LogP) is 1.83. The SMILES string of the molecule is COC(=O)C1CCCCN1CCOC(C)(C)C. The Morgan fingerprint density at radius 3 is 2.65 bits per heavy atom. The summed E-state index contributed by atoms with van der Waals surface area (Å²) in [6, 6.07) is -0.0719. The molecule has 1 saturated heterocycles. The van der Waals surface area contributed by atoms with E-state index in [-0.39, 0.29) is 17.6 Å². The van der Waals surface area contributed by atoms with Gasteiger partial charge in [-0.15, -0.1) is 0 Å². The zero-order chi connectivity index (χ0) is 12.9. The molecule has 0 aromatic heterocycles. The van der Waals surface area contributed by atoms with Crippen molar-refractivity contribution in [1.82, 2.24) is 4.90 Å². The van der Waals surface area contributed by atoms with Crippen molar-refractivity contribution in [3.8, 4) is 0 Å². The van der Waals surface area contributed by atoms with Crippen LogP contribution in [0.15, 0.2) is 0 Å². The van der Waals surface area contributed by atoms with E-state index in [9.17, 15) is 4.79 Å². The normalized spacial score (nSPS) is 22.5. The second-order valence-electron chi connectivity index (χ2n) is 5.53. The smallest absolute Gasteiger partial charge is 0.323 e. The minimum Gasteiger partial charge on any atom is -0.468 e. The summed E-state index contributed by atoms with van der Waals surface area (Å²) in [6.07, 6.45) is 3.17. The Morgan fingerprint density at radius 1 is 1.35 bits per heavy atom. The third-order valence-electron chi connectivity index (χ3n) is 3.00. The summed E-state index contributed by atoms with van der Waals surface area (Å²) < 4.78 is 10.5. The maximum Gasteiger partial charge on any atom is 0.323 e. The van der Waals surface area contributed by atoms with Crippen LogP contribution in [-0.2, 0) is 14.3 Å². The van der Waals surface area contributed by atoms with Crippen molar-refractivity contribution < 1.29 is 14.3 Å². The number of ether oxygens (including phenoxy) is 2. The quantitative estimate of drug-likeness (QED) is 0.706. The van der Waals surface area contributed by atoms with Gasteiger partial charge in [-0.1, -0.05) is 6.42 Å². The van der Waals surface area contributed by atoms with Crippen LogP contribution >= 0.6 is 0 Å². The second-order valence-corrected chi connectivity index (χ2v) is 5.53. The van der Waals surface area contributed by atoms with Gasteiger partial charge in [0.05, 0.1) is 19.3 Å². The highest BCUT2D eigenvalue weighted by atomic mass is 16.5. The number of carbonyl (C=O) groups is 1. The molecule has 0 aliphatic carbocycles. The minimum atomic E-state index is -0.115. The molecule has 0 radical (unpaired) electrons. The zero-order valence-electron chi connectivity index (χ0n) is 11.5. The van der Waals surface area contributed by atoms with Gasteiger partial charge >= 0.3 is 5.97 Å². The molecule has 1 rings (SSSR count). The molecule has 4 nitrogen and oxygen atoms in total. The molecule has 1 aliphatic rings. The first kappa shape index (κ1) is 14.5. The molecule has 17 heavy (non-hydrogen) atoms. The number of hydrogen-bond acceptors (Lipinski definition) is 4. The lowest BCUT2D eigenvalue weighted by Crippen LogP contribution is -2.47. The van der Waals surface area contributed by atoms with E-state index in [1.54, 1.807) is 0 Å². The number of methoxy groups -OCH3 is 1. The van der Waals surface area contributed by atoms with E-state index in [1.807, 2.05) is 20.8 Å². The molecule has 1 heterocycles. The maximum atomic E-state index is 11.6. The van der Waals surface area contributed by atoms with Crippen molar-refractivity contribution in [3.05, 3.63) is 0 Å². The summed E-state index contributed by atoms with van der Waals surface area (Å²) in [7, 11) is 1.46. The molecule has 1 atom stereocenters. The molecule has 0 saturated carbocycles. The van der Waals surface area contributed by atoms with Gasteiger partial charge < -0.3 is 9.47 Å². The summed E-state index contributed by atoms with van der Waals surface area (Å²) in [4.78, 5) is 13.8. The minimum absolute atomic E-state index is 0.0719. The van der Waals surface area contributed by atoms with E-state index in [0.717, 1.165) is 32.4 Å². The van der Waals surface area contributed by atoms with Crippen LogP contribution in [0.4, 0.5) is 0 Å². The van der Waals surface area contributed by atoms with Gasteiger partial charge in [0.15, 0.2) is 0 Å². The molecule has 0 spiro atoms. The van der Waals surface area contributed by atoms with Crippen LogP contribution in [-0.4, -0.2) is 49.3 Å². The average Bonchev–Trinajstić information content (AvgIpc) is 2.27. The number of piperidine rings is 1. The standard InChI is InChI=1S/C13H25NO3/c1-13(2,3)17-10-9-14-8-6-5-7-11(14)12(15)16-4/h11H,5-10H2,1-4H3. The molecule has 1 fully saturated rings. The highest BCUT2D eigenvalue weighted by Gasteiger charge is 2.29. The first-order valence-electron chi connectivity index (χ1n) is 6.40. The predicted molar refractivity (Wildman–Crippen MR) is 66.9 cm³/mol. The van der Waals surface area contributed by atoms with Crippen LogP contribution in [0.25, 0.3) is 0 Å². The van der Waals surface area contributed by atoms with E-state index in [4.69, 9.17) is 9.47 Å². The molecular weight excluding hydrogens is 218 g/mol. The third kappa shape index (κ3) is 5.04. The fraction of sp³-hybridized carbons (Fsp3) is 0.923. The molecule has 1 unspecified atom stereocenters. The van der Waals surface area contributed by atoms with Gasteiger partial charge in [0.1, 0.15) is 6.04 Å². The Kier molecular flexibility index (Phi) is 5.40. The monoisotopic (exact) mass is 243 g/mol. The van der Waals surface area contributed by atoms with E-state index in [2.05, 4.69) is 4.90 Å². The van der Waals surface area contributed by atoms with Crippen molar-refractivity contribution in [2.45, 2.75) is 51.7 Å². The number of carbonyl (C=O) groups excluding carboxylic acids is 1. The zero-order valence-corrected chi connectivity index (χ0v) is 11.5. The Bertz CT molecular complexity index is 248. The summed E-state index contributed by atoms with van der Waals surface area (Å²) in [6.45, 7) is 8.56. The van der Waals surface area contributed by atoms with Crippen LogP contribution in [0.1, 0.15) is 40.0 Å². The van der Waals surface area contributed by atoms with Crippen LogP contribution < -0.4 is 0 Å². The fourth-order valence-electron chi connectivity index (χ4n) is 2.13. The summed E-state index contributed by atoms with van der Waals surface area (Å²) in [5.74, 6) is -0.111. The average molecular weight is 243 g/mol. The van der Waals surface area contributed by atoms with E-state index >= 15 is 0 Å². The maximum absolute atomic E-state index is 11.6. The molecule has 4 heteroatoms. The topological polar surface area (TPSA) is 38.8 Å². The number of esters is 1. The number of likely N-dealkylation sites (tertiary alicyclic amines) is 1. The highest BCUT2D eigenvalue weighted by molar-refractivity contribution is 5.75. The van der Waals surface area contributed by atoms with Crippen molar-refractivity contribution in [1.29, 1.82) is 0 Å². The van der Waals surface area contributed by atoms with E-state index < -0.39 is 0 Å². The summed E-state index contributed by atoms with van der Waals surface area (Å²) in [5.41, 5.74) is -0.115. The van der Waals surface area contributed by atoms with Gasteiger partial charge in [0.2, 0.25) is 0 Å². The Morgan fingerprint density at radius 2 is 2.06 bits per heavy atom. The Labute approximate surface area is 104 Å². The molecule has 100 valence electrons. The molecular formula is C13H25NO3. The van der Waals surface area contributed by atoms with Crippen molar-refractivity contribution in [2.75, 3.05) is 26.8 Å². The van der Waals surface area contributed by atoms with Crippen molar-refractivity contribution in [3.63, 3.8) is 0 Å². The number of nitrogens with zero attached hydrogens (tertiary/aromatic N) is 1. The Hall–Kier alpha value is -0.610. The lowest BCUT2D eigenvalue weighted by Gasteiger charge is -2.34. The van der Waals surface area contributed by atoms with Crippen LogP contribution in [0.2, 0.25) is 0 Å². The van der Waals surface area contributed by atoms with Gasteiger partial charge in [-0.3, -0.25) is 9.69 Å². The molecule has 0 aromatic rings. The molecule has 0 aromatic carbocycles. The van der Waals surface area contributed by atoms with Crippen LogP contribution in [0.3, 0.4) is 0 Å². The van der Waals surface area contributed by atoms with Gasteiger partial charge in [-0.2, -0.15) is 0 Å². The van der Waals surface area contributed by atoms with Crippen LogP contribution in [0.5, 0.6) is 0 Å². The van der Waals surface area contributed by atoms with Gasteiger partial charge in [-0.25, -0.2) is 0 Å². The number of rotatable bonds is 4. The lowest BCUT2D eigenvalue weighted by molar-refractivity contribution is -0.148. The van der Waals surface area contributed by atoms with Crippen molar-refractivity contribution in [2.24, 2.45) is 0 Å². The van der Waals surface area contributed by atoms with Gasteiger partial charge in [-0.05, 0) is 40.2 Å². The van der Waals surface area contributed by atoms with E-state index in [1.165, 1.54) is 7.11 Å². The Balaban J connectivity index is 2.40. The molecule has 0 amide bonds. The van der Waals surface area contributed by atoms with Gasteiger partial charge in [0, 0.05) is 6.54 Å². The van der Waals surface area contributed by atoms with E-state index in [0.29, 0.717) is 6.61 Å². The number of hydrogen-bond donors (Lipinski definition) is 0. The first-order valence-corrected chi connectivity index (χ1v) is 6.40. The lowest BCUT2D eigenvalue weighted by atomic mass is 10.0. The largest absolute Gasteiger partial charge is 0.468 e. The second kappa shape index (κ2) is 6.36. The molecule has 1 aliphatic heterocycles. The first-order chi connectivity index (χ1) is 7.94. The van der Waals surface area contributed by atoms with Gasteiger partial charge in [0.25, 0.3) is 0 Å². The fourth-order valence-corrected chi connectivity index (χ4v) is 2.13. The van der Waals surface area contributed by atoms with Crippen LogP contribution in [0, 0.1) is 0 Å². The van der Waals surface area contributed by atoms with Crippen molar-refractivity contribution >= 4 is 5.97 Å². The summed E-state index contributed by atoms with van der Waals surface area (Å²) in [5, 5.41) is 0. The highest BCUT2D eigenvalue weighted by Crippen LogP contribution is 2.18.